The van der Waals surface area contributed by atoms with E-state index >= 15 is 0 Å². The van der Waals surface area contributed by atoms with Gasteiger partial charge in [-0.3, -0.25) is 4.79 Å². The maximum absolute atomic E-state index is 14.0. The smallest absolute Gasteiger partial charge is 0.343 e. The van der Waals surface area contributed by atoms with E-state index in [-0.39, 0.29) is 6.54 Å². The fraction of sp³-hybridized carbons (Fsp3) is 0.192. The van der Waals surface area contributed by atoms with E-state index in [9.17, 15) is 58.3 Å². The molecule has 1 N–H and O–H groups in total. The zero-order valence-electron chi connectivity index (χ0n) is 21.6. The Morgan fingerprint density at radius 2 is 0.907 bits per heavy atom. The molecule has 230 valence electrons. The lowest BCUT2D eigenvalue weighted by atomic mass is 10.0. The maximum Gasteiger partial charge on any atom is 0.343 e. The van der Waals surface area contributed by atoms with Gasteiger partial charge >= 0.3 is 11.9 Å². The van der Waals surface area contributed by atoms with E-state index in [0.717, 1.165) is 0 Å². The van der Waals surface area contributed by atoms with Crippen molar-refractivity contribution in [2.75, 3.05) is 27.2 Å². The topological polar surface area (TPSA) is 84.9 Å². The van der Waals surface area contributed by atoms with Crippen molar-refractivity contribution in [2.45, 2.75) is 6.42 Å². The molecule has 0 aliphatic rings. The Morgan fingerprint density at radius 1 is 0.581 bits per heavy atom. The van der Waals surface area contributed by atoms with E-state index in [0.29, 0.717) is 31.2 Å². The molecule has 0 atom stereocenters. The van der Waals surface area contributed by atoms with Gasteiger partial charge in [-0.1, -0.05) is 0 Å². The first kappa shape index (κ1) is 32.8. The number of carbonyl (C=O) groups excluding carboxylic acids is 3. The number of amides is 1. The number of halogens is 10. The molecule has 43 heavy (non-hydrogen) atoms. The standard InChI is InChI=1S/C26H16F10N2O5/c1-38(2)5-3-4-37-24(39)9-6-10(25(40)42-22-18(33)14(29)12(27)15(30)19(22)34)8-11(7-9)26(41)43-23-20(35)16(31)13(28)17(32)21(23)36/h6-8H,3-5H2,1-2H3,(H,37,39). The molecule has 0 spiro atoms. The molecule has 3 rings (SSSR count). The zero-order valence-corrected chi connectivity index (χ0v) is 21.6. The molecule has 7 nitrogen and oxygen atoms in total. The summed E-state index contributed by atoms with van der Waals surface area (Å²) in [5, 5.41) is 2.37. The van der Waals surface area contributed by atoms with E-state index in [1.807, 2.05) is 0 Å². The van der Waals surface area contributed by atoms with Gasteiger partial charge in [0.25, 0.3) is 5.91 Å². The molecule has 17 heteroatoms. The number of nitrogens with one attached hydrogen (secondary N) is 1. The Labute approximate surface area is 234 Å². The van der Waals surface area contributed by atoms with E-state index in [1.54, 1.807) is 19.0 Å². The van der Waals surface area contributed by atoms with Gasteiger partial charge in [0.1, 0.15) is 0 Å². The number of nitrogens with zero attached hydrogens (tertiary/aromatic N) is 1. The summed E-state index contributed by atoms with van der Waals surface area (Å²) in [6.07, 6.45) is 0.385. The maximum atomic E-state index is 14.0. The van der Waals surface area contributed by atoms with Gasteiger partial charge in [-0.15, -0.1) is 0 Å². The Kier molecular flexibility index (Phi) is 10.0. The minimum Gasteiger partial charge on any atom is -0.416 e. The van der Waals surface area contributed by atoms with Crippen LogP contribution in [0.15, 0.2) is 18.2 Å². The Bertz CT molecular complexity index is 1470. The normalized spacial score (nSPS) is 11.1. The lowest BCUT2D eigenvalue weighted by Gasteiger charge is -2.13. The van der Waals surface area contributed by atoms with Crippen molar-refractivity contribution in [2.24, 2.45) is 0 Å². The van der Waals surface area contributed by atoms with Crippen molar-refractivity contribution in [1.29, 1.82) is 0 Å². The van der Waals surface area contributed by atoms with Gasteiger partial charge in [0, 0.05) is 12.1 Å². The van der Waals surface area contributed by atoms with Gasteiger partial charge in [-0.05, 0) is 45.3 Å². The lowest BCUT2D eigenvalue weighted by Crippen LogP contribution is -2.28. The monoisotopic (exact) mass is 626 g/mol. The molecule has 0 radical (unpaired) electrons. The lowest BCUT2D eigenvalue weighted by molar-refractivity contribution is 0.0715. The number of esters is 2. The van der Waals surface area contributed by atoms with Gasteiger partial charge in [0.05, 0.1) is 11.1 Å². The van der Waals surface area contributed by atoms with Crippen LogP contribution in [0.2, 0.25) is 0 Å². The number of carbonyl (C=O) groups is 3. The average molecular weight is 626 g/mol. The quantitative estimate of drug-likeness (QED) is 0.0879. The molecular weight excluding hydrogens is 610 g/mol. The van der Waals surface area contributed by atoms with Crippen LogP contribution in [0, 0.1) is 58.2 Å². The molecule has 0 fully saturated rings. The first-order valence-electron chi connectivity index (χ1n) is 11.6. The molecule has 0 heterocycles. The van der Waals surface area contributed by atoms with Crippen LogP contribution in [-0.4, -0.2) is 49.9 Å². The van der Waals surface area contributed by atoms with Crippen LogP contribution in [0.25, 0.3) is 0 Å². The molecule has 0 unspecified atom stereocenters. The highest BCUT2D eigenvalue weighted by atomic mass is 19.2. The summed E-state index contributed by atoms with van der Waals surface area (Å²) in [7, 11) is 3.45. The summed E-state index contributed by atoms with van der Waals surface area (Å²) in [6, 6.07) is 1.71. The second-order valence-electron chi connectivity index (χ2n) is 8.79. The van der Waals surface area contributed by atoms with Gasteiger partial charge < -0.3 is 19.7 Å². The molecule has 0 aliphatic heterocycles. The van der Waals surface area contributed by atoms with Crippen molar-refractivity contribution in [3.63, 3.8) is 0 Å². The Hall–Kier alpha value is -4.67. The second-order valence-corrected chi connectivity index (χ2v) is 8.79. The third kappa shape index (κ3) is 6.87. The number of benzene rings is 3. The van der Waals surface area contributed by atoms with Crippen molar-refractivity contribution >= 4 is 17.8 Å². The predicted molar refractivity (Wildman–Crippen MR) is 124 cm³/mol. The van der Waals surface area contributed by atoms with Crippen LogP contribution < -0.4 is 14.8 Å². The van der Waals surface area contributed by atoms with Gasteiger partial charge in [-0.25, -0.2) is 35.9 Å². The van der Waals surface area contributed by atoms with E-state index in [4.69, 9.17) is 0 Å². The predicted octanol–water partition coefficient (Wildman–Crippen LogP) is 5.20. The fourth-order valence-electron chi connectivity index (χ4n) is 3.35. The van der Waals surface area contributed by atoms with Crippen molar-refractivity contribution in [3.8, 4) is 11.5 Å². The highest BCUT2D eigenvalue weighted by Gasteiger charge is 2.31. The molecule has 0 saturated heterocycles. The minimum absolute atomic E-state index is 0.0145. The minimum atomic E-state index is -2.57. The van der Waals surface area contributed by atoms with Crippen LogP contribution >= 0.6 is 0 Å². The fourth-order valence-corrected chi connectivity index (χ4v) is 3.35. The van der Waals surface area contributed by atoms with Gasteiger partial charge in [-0.2, -0.15) is 17.6 Å². The SMILES string of the molecule is CN(C)CCCNC(=O)c1cc(C(=O)Oc2c(F)c(F)c(F)c(F)c2F)cc(C(=O)Oc2c(F)c(F)c(F)c(F)c2F)c1. The zero-order chi connectivity index (χ0) is 32.3. The van der Waals surface area contributed by atoms with Crippen LogP contribution in [-0.2, 0) is 0 Å². The van der Waals surface area contributed by atoms with Crippen LogP contribution in [0.5, 0.6) is 11.5 Å². The number of hydrogen-bond donors (Lipinski definition) is 1. The molecular formula is C26H16F10N2O5. The van der Waals surface area contributed by atoms with Gasteiger partial charge in [0.15, 0.2) is 0 Å². The van der Waals surface area contributed by atoms with E-state index in [2.05, 4.69) is 14.8 Å². The number of rotatable bonds is 9. The van der Waals surface area contributed by atoms with Gasteiger partial charge in [0.2, 0.25) is 69.7 Å². The average Bonchev–Trinajstić information content (AvgIpc) is 2.98. The third-order valence-electron chi connectivity index (χ3n) is 5.46. The summed E-state index contributed by atoms with van der Waals surface area (Å²) in [5.74, 6) is -34.2. The van der Waals surface area contributed by atoms with Crippen LogP contribution in [0.4, 0.5) is 43.9 Å². The summed E-state index contributed by atoms with van der Waals surface area (Å²) in [6.45, 7) is 0.509. The number of hydrogen-bond acceptors (Lipinski definition) is 6. The van der Waals surface area contributed by atoms with Crippen LogP contribution in [0.1, 0.15) is 37.5 Å². The molecule has 3 aromatic rings. The highest BCUT2D eigenvalue weighted by Crippen LogP contribution is 2.31. The van der Waals surface area contributed by atoms with Crippen molar-refractivity contribution in [3.05, 3.63) is 93.1 Å². The highest BCUT2D eigenvalue weighted by molar-refractivity contribution is 6.02. The third-order valence-corrected chi connectivity index (χ3v) is 5.46. The summed E-state index contributed by atoms with van der Waals surface area (Å²) in [5.41, 5.74) is -2.57. The summed E-state index contributed by atoms with van der Waals surface area (Å²) in [4.78, 5) is 39.8. The van der Waals surface area contributed by atoms with Crippen molar-refractivity contribution < 1.29 is 67.8 Å². The van der Waals surface area contributed by atoms with Crippen molar-refractivity contribution in [1.82, 2.24) is 10.2 Å². The van der Waals surface area contributed by atoms with E-state index < -0.39 is 104 Å². The Balaban J connectivity index is 2.04. The summed E-state index contributed by atoms with van der Waals surface area (Å²) >= 11 is 0. The first-order chi connectivity index (χ1) is 20.1. The molecule has 1 amide bonds. The largest absolute Gasteiger partial charge is 0.416 e. The molecule has 0 saturated carbocycles. The second kappa shape index (κ2) is 13.1. The first-order valence-corrected chi connectivity index (χ1v) is 11.6. The molecule has 3 aromatic carbocycles. The van der Waals surface area contributed by atoms with Crippen LogP contribution in [0.3, 0.4) is 0 Å². The Morgan fingerprint density at radius 3 is 1.26 bits per heavy atom. The molecule has 0 aliphatic carbocycles. The molecule has 0 aromatic heterocycles. The number of ether oxygens (including phenoxy) is 2. The molecule has 0 bridgehead atoms. The summed E-state index contributed by atoms with van der Waals surface area (Å²) < 4.78 is 146. The van der Waals surface area contributed by atoms with E-state index in [1.165, 1.54) is 0 Å².